The molecule has 0 heterocycles. The predicted octanol–water partition coefficient (Wildman–Crippen LogP) is 5.56. The van der Waals surface area contributed by atoms with Gasteiger partial charge in [-0.05, 0) is 74.6 Å². The van der Waals surface area contributed by atoms with E-state index in [1.165, 1.54) is 18.4 Å². The number of nitrogens with zero attached hydrogens (tertiary/aromatic N) is 2. The molecule has 3 N–H and O–H groups in total. The van der Waals surface area contributed by atoms with E-state index in [1.807, 2.05) is 36.4 Å². The minimum atomic E-state index is -0.704. The van der Waals surface area contributed by atoms with E-state index in [-0.39, 0.29) is 6.61 Å². The molecule has 2 rings (SSSR count). The average Bonchev–Trinajstić information content (AvgIpc) is 2.84. The number of ether oxygens (including phenoxy) is 2. The second-order valence-corrected chi connectivity index (χ2v) is 7.25. The summed E-state index contributed by atoms with van der Waals surface area (Å²) in [6.07, 6.45) is 4.27. The zero-order valence-electron chi connectivity index (χ0n) is 19.3. The lowest BCUT2D eigenvalue weighted by Crippen LogP contribution is -2.47. The van der Waals surface area contributed by atoms with E-state index in [9.17, 15) is 9.59 Å². The number of aryl methyl sites for hydroxylation is 1. The van der Waals surface area contributed by atoms with Crippen molar-refractivity contribution in [2.75, 3.05) is 19.8 Å². The maximum Gasteiger partial charge on any atom is 0.426 e. The largest absolute Gasteiger partial charge is 0.494 e. The Morgan fingerprint density at radius 3 is 2.15 bits per heavy atom. The molecule has 2 aromatic rings. The second kappa shape index (κ2) is 15.2. The molecule has 0 spiro atoms. The number of carbonyl (C=O) groups is 2. The van der Waals surface area contributed by atoms with Gasteiger partial charge in [0.2, 0.25) is 0 Å². The molecule has 0 aromatic heterocycles. The minimum Gasteiger partial charge on any atom is -0.494 e. The van der Waals surface area contributed by atoms with Crippen molar-refractivity contribution in [2.45, 2.75) is 46.0 Å². The highest BCUT2D eigenvalue weighted by molar-refractivity contribution is 5.77. The molecule has 0 fully saturated rings. The van der Waals surface area contributed by atoms with Gasteiger partial charge in [-0.25, -0.2) is 20.4 Å². The van der Waals surface area contributed by atoms with Gasteiger partial charge < -0.3 is 14.8 Å². The molecule has 0 unspecified atom stereocenters. The van der Waals surface area contributed by atoms with Crippen LogP contribution in [0.5, 0.6) is 5.75 Å². The van der Waals surface area contributed by atoms with E-state index in [2.05, 4.69) is 50.2 Å². The van der Waals surface area contributed by atoms with Crippen molar-refractivity contribution in [3.8, 4) is 5.75 Å². The highest BCUT2D eigenvalue weighted by Crippen LogP contribution is 2.22. The summed E-state index contributed by atoms with van der Waals surface area (Å²) in [5.41, 5.74) is 7.23. The number of unbranched alkanes of at least 4 members (excludes halogenated alkanes) is 2. The van der Waals surface area contributed by atoms with Crippen LogP contribution < -0.4 is 20.9 Å². The van der Waals surface area contributed by atoms with Crippen molar-refractivity contribution in [3.63, 3.8) is 0 Å². The van der Waals surface area contributed by atoms with Gasteiger partial charge in [-0.3, -0.25) is 0 Å². The summed E-state index contributed by atoms with van der Waals surface area (Å²) in [5.74, 6) is 0.749. The lowest BCUT2D eigenvalue weighted by molar-refractivity contribution is 0.147. The summed E-state index contributed by atoms with van der Waals surface area (Å²) in [6, 6.07) is 15.1. The fraction of sp³-hybridized carbons (Fsp3) is 0.417. The highest BCUT2D eigenvalue weighted by Gasteiger charge is 2.03. The number of carbonyl (C=O) groups excluding carboxylic acids is 2. The normalized spacial score (nSPS) is 10.6. The summed E-state index contributed by atoms with van der Waals surface area (Å²) in [5, 5.41) is 11.2. The van der Waals surface area contributed by atoms with E-state index in [4.69, 9.17) is 4.74 Å². The van der Waals surface area contributed by atoms with Crippen LogP contribution in [0.2, 0.25) is 0 Å². The first-order valence-electron chi connectivity index (χ1n) is 11.3. The number of urea groups is 1. The molecule has 2 aromatic carbocycles. The standard InChI is InChI=1S/C24H33N5O4/c1-3-5-8-19-9-11-20(12-10-19)26-27-21-13-15-22(16-14-21)33-18-7-6-17-25-23(30)28-29-24(31)32-4-2/h9-16H,3-8,17-18H2,1-2H3,(H,29,31)(H2,25,28,30). The Bertz CT molecular complexity index is 869. The number of benzene rings is 2. The number of hydrogen-bond acceptors (Lipinski definition) is 6. The lowest BCUT2D eigenvalue weighted by Gasteiger charge is -2.09. The van der Waals surface area contributed by atoms with Crippen LogP contribution >= 0.6 is 0 Å². The zero-order valence-corrected chi connectivity index (χ0v) is 19.3. The van der Waals surface area contributed by atoms with Gasteiger partial charge >= 0.3 is 12.1 Å². The van der Waals surface area contributed by atoms with E-state index >= 15 is 0 Å². The predicted molar refractivity (Wildman–Crippen MR) is 127 cm³/mol. The first-order valence-corrected chi connectivity index (χ1v) is 11.3. The molecule has 178 valence electrons. The molecule has 9 nitrogen and oxygen atoms in total. The van der Waals surface area contributed by atoms with Gasteiger partial charge in [0.1, 0.15) is 5.75 Å². The third-order valence-corrected chi connectivity index (χ3v) is 4.55. The zero-order chi connectivity index (χ0) is 23.7. The molecule has 0 saturated carbocycles. The van der Waals surface area contributed by atoms with E-state index in [1.54, 1.807) is 6.92 Å². The highest BCUT2D eigenvalue weighted by atomic mass is 16.6. The second-order valence-electron chi connectivity index (χ2n) is 7.25. The molecule has 3 amide bonds. The van der Waals surface area contributed by atoms with Crippen LogP contribution in [0.3, 0.4) is 0 Å². The molecule has 0 bridgehead atoms. The van der Waals surface area contributed by atoms with Gasteiger partial charge in [-0.2, -0.15) is 10.2 Å². The molecule has 0 saturated heterocycles. The summed E-state index contributed by atoms with van der Waals surface area (Å²) >= 11 is 0. The van der Waals surface area contributed by atoms with Crippen molar-refractivity contribution in [3.05, 3.63) is 54.1 Å². The SMILES string of the molecule is CCCCc1ccc(N=Nc2ccc(OCCCCNC(=O)NNC(=O)OCC)cc2)cc1. The van der Waals surface area contributed by atoms with Gasteiger partial charge in [-0.15, -0.1) is 0 Å². The smallest absolute Gasteiger partial charge is 0.426 e. The molecule has 9 heteroatoms. The Morgan fingerprint density at radius 2 is 1.52 bits per heavy atom. The van der Waals surface area contributed by atoms with Gasteiger partial charge in [0.25, 0.3) is 0 Å². The Kier molecular flexibility index (Phi) is 11.8. The minimum absolute atomic E-state index is 0.232. The molecule has 0 aliphatic rings. The van der Waals surface area contributed by atoms with Crippen LogP contribution in [-0.2, 0) is 11.2 Å². The third kappa shape index (κ3) is 11.0. The summed E-state index contributed by atoms with van der Waals surface area (Å²) in [6.45, 7) is 5.08. The fourth-order valence-corrected chi connectivity index (χ4v) is 2.77. The fourth-order valence-electron chi connectivity index (χ4n) is 2.77. The van der Waals surface area contributed by atoms with Gasteiger partial charge in [0.05, 0.1) is 24.6 Å². The van der Waals surface area contributed by atoms with Crippen LogP contribution in [0.1, 0.15) is 45.1 Å². The Labute approximate surface area is 194 Å². The van der Waals surface area contributed by atoms with Crippen LogP contribution in [-0.4, -0.2) is 31.9 Å². The van der Waals surface area contributed by atoms with Crippen molar-refractivity contribution >= 4 is 23.5 Å². The lowest BCUT2D eigenvalue weighted by atomic mass is 10.1. The van der Waals surface area contributed by atoms with Crippen molar-refractivity contribution in [1.82, 2.24) is 16.2 Å². The molecule has 33 heavy (non-hydrogen) atoms. The van der Waals surface area contributed by atoms with E-state index in [0.717, 1.165) is 36.4 Å². The Balaban J connectivity index is 1.61. The first-order chi connectivity index (χ1) is 16.1. The summed E-state index contributed by atoms with van der Waals surface area (Å²) < 4.78 is 10.3. The third-order valence-electron chi connectivity index (χ3n) is 4.55. The van der Waals surface area contributed by atoms with Crippen molar-refractivity contribution < 1.29 is 19.1 Å². The van der Waals surface area contributed by atoms with E-state index < -0.39 is 12.1 Å². The number of azo groups is 1. The number of amides is 3. The van der Waals surface area contributed by atoms with Crippen LogP contribution in [0.4, 0.5) is 21.0 Å². The average molecular weight is 456 g/mol. The summed E-state index contributed by atoms with van der Waals surface area (Å²) in [7, 11) is 0. The van der Waals surface area contributed by atoms with E-state index in [0.29, 0.717) is 13.2 Å². The van der Waals surface area contributed by atoms with Crippen LogP contribution in [0, 0.1) is 0 Å². The van der Waals surface area contributed by atoms with Gasteiger partial charge in [0.15, 0.2) is 0 Å². The van der Waals surface area contributed by atoms with Gasteiger partial charge in [0, 0.05) is 6.54 Å². The molecule has 0 atom stereocenters. The summed E-state index contributed by atoms with van der Waals surface area (Å²) in [4.78, 5) is 22.6. The quantitative estimate of drug-likeness (QED) is 0.221. The number of hydrogen-bond donors (Lipinski definition) is 3. The maximum atomic E-state index is 11.5. The Hall–Kier alpha value is -3.62. The first kappa shape index (κ1) is 25.6. The topological polar surface area (TPSA) is 113 Å². The Morgan fingerprint density at radius 1 is 0.848 bits per heavy atom. The van der Waals surface area contributed by atoms with Crippen molar-refractivity contribution in [1.29, 1.82) is 0 Å². The number of rotatable bonds is 12. The monoisotopic (exact) mass is 455 g/mol. The molecule has 0 radical (unpaired) electrons. The molecule has 0 aliphatic heterocycles. The van der Waals surface area contributed by atoms with Crippen molar-refractivity contribution in [2.24, 2.45) is 10.2 Å². The maximum absolute atomic E-state index is 11.5. The number of nitrogens with one attached hydrogen (secondary N) is 3. The molecule has 0 aliphatic carbocycles. The number of hydrazine groups is 1. The van der Waals surface area contributed by atoms with Crippen LogP contribution in [0.25, 0.3) is 0 Å². The van der Waals surface area contributed by atoms with Gasteiger partial charge in [-0.1, -0.05) is 25.5 Å². The van der Waals surface area contributed by atoms with Crippen LogP contribution in [0.15, 0.2) is 58.8 Å². The molecular weight excluding hydrogens is 422 g/mol. The molecular formula is C24H33N5O4.